The number of rotatable bonds is 5. The van der Waals surface area contributed by atoms with Gasteiger partial charge in [-0.3, -0.25) is 9.59 Å². The van der Waals surface area contributed by atoms with E-state index < -0.39 is 0 Å². The van der Waals surface area contributed by atoms with Crippen LogP contribution in [0.4, 0.5) is 0 Å². The van der Waals surface area contributed by atoms with E-state index in [1.165, 1.54) is 30.0 Å². The summed E-state index contributed by atoms with van der Waals surface area (Å²) in [5.41, 5.74) is 1.51. The highest BCUT2D eigenvalue weighted by Crippen LogP contribution is 2.23. The smallest absolute Gasteiger partial charge is 0.266 e. The molecule has 1 saturated carbocycles. The van der Waals surface area contributed by atoms with Crippen molar-refractivity contribution < 1.29 is 4.79 Å². The second kappa shape index (κ2) is 8.10. The lowest BCUT2D eigenvalue weighted by atomic mass is 9.86. The summed E-state index contributed by atoms with van der Waals surface area (Å²) in [5.74, 6) is 0.525. The Labute approximate surface area is 148 Å². The van der Waals surface area contributed by atoms with Crippen molar-refractivity contribution in [2.45, 2.75) is 51.6 Å². The first-order valence-corrected chi connectivity index (χ1v) is 9.06. The van der Waals surface area contributed by atoms with Crippen molar-refractivity contribution >= 4 is 5.91 Å². The van der Waals surface area contributed by atoms with Gasteiger partial charge in [-0.15, -0.1) is 0 Å². The molecule has 1 N–H and O–H groups in total. The van der Waals surface area contributed by atoms with Crippen LogP contribution < -0.4 is 10.9 Å². The van der Waals surface area contributed by atoms with Crippen molar-refractivity contribution in [3.05, 3.63) is 52.8 Å². The van der Waals surface area contributed by atoms with Gasteiger partial charge in [0.25, 0.3) is 5.56 Å². The zero-order valence-corrected chi connectivity index (χ0v) is 14.6. The second-order valence-corrected chi connectivity index (χ2v) is 6.83. The van der Waals surface area contributed by atoms with Gasteiger partial charge in [0.1, 0.15) is 0 Å². The van der Waals surface area contributed by atoms with Crippen LogP contribution in [0.25, 0.3) is 11.3 Å². The maximum absolute atomic E-state index is 12.2. The third-order valence-corrected chi connectivity index (χ3v) is 4.94. The van der Waals surface area contributed by atoms with Gasteiger partial charge < -0.3 is 5.32 Å². The average molecular weight is 339 g/mol. The molecule has 5 heteroatoms. The number of nitrogens with one attached hydrogen (secondary N) is 1. The number of aromatic nitrogens is 2. The van der Waals surface area contributed by atoms with Gasteiger partial charge in [0.15, 0.2) is 0 Å². The van der Waals surface area contributed by atoms with E-state index in [1.54, 1.807) is 6.07 Å². The minimum Gasteiger partial charge on any atom is -0.353 e. The molecule has 1 aromatic heterocycles. The van der Waals surface area contributed by atoms with E-state index in [2.05, 4.69) is 17.3 Å². The molecule has 0 aliphatic heterocycles. The summed E-state index contributed by atoms with van der Waals surface area (Å²) in [7, 11) is 0. The van der Waals surface area contributed by atoms with Crippen molar-refractivity contribution in [2.24, 2.45) is 5.92 Å². The molecule has 25 heavy (non-hydrogen) atoms. The van der Waals surface area contributed by atoms with Gasteiger partial charge >= 0.3 is 0 Å². The largest absolute Gasteiger partial charge is 0.353 e. The summed E-state index contributed by atoms with van der Waals surface area (Å²) < 4.78 is 1.38. The van der Waals surface area contributed by atoms with Gasteiger partial charge in [0.2, 0.25) is 5.91 Å². The lowest BCUT2D eigenvalue weighted by molar-refractivity contribution is -0.122. The SMILES string of the molecule is C[C@H]1CCCC[C@H]1NC(=O)CCn1nc(-c2ccccc2)ccc1=O. The first-order valence-electron chi connectivity index (χ1n) is 9.06. The van der Waals surface area contributed by atoms with Crippen molar-refractivity contribution in [1.82, 2.24) is 15.1 Å². The van der Waals surface area contributed by atoms with Crippen LogP contribution in [0.15, 0.2) is 47.3 Å². The van der Waals surface area contributed by atoms with Gasteiger partial charge in [-0.1, -0.05) is 50.1 Å². The highest BCUT2D eigenvalue weighted by molar-refractivity contribution is 5.76. The molecule has 3 rings (SSSR count). The fraction of sp³-hybridized carbons (Fsp3) is 0.450. The van der Waals surface area contributed by atoms with Gasteiger partial charge in [0, 0.05) is 24.1 Å². The van der Waals surface area contributed by atoms with E-state index in [-0.39, 0.29) is 23.9 Å². The van der Waals surface area contributed by atoms with Gasteiger partial charge in [0.05, 0.1) is 12.2 Å². The van der Waals surface area contributed by atoms with Crippen molar-refractivity contribution in [2.75, 3.05) is 0 Å². The van der Waals surface area contributed by atoms with Crippen molar-refractivity contribution in [1.29, 1.82) is 0 Å². The lowest BCUT2D eigenvalue weighted by Crippen LogP contribution is -2.41. The Morgan fingerprint density at radius 1 is 1.16 bits per heavy atom. The minimum atomic E-state index is -0.182. The molecule has 0 spiro atoms. The lowest BCUT2D eigenvalue weighted by Gasteiger charge is -2.29. The molecule has 1 amide bonds. The molecule has 132 valence electrons. The Hall–Kier alpha value is -2.43. The Morgan fingerprint density at radius 2 is 1.92 bits per heavy atom. The fourth-order valence-electron chi connectivity index (χ4n) is 3.39. The molecular weight excluding hydrogens is 314 g/mol. The summed E-state index contributed by atoms with van der Waals surface area (Å²) in [5, 5.41) is 7.52. The molecule has 1 fully saturated rings. The number of carbonyl (C=O) groups is 1. The van der Waals surface area contributed by atoms with Crippen LogP contribution in [0.3, 0.4) is 0 Å². The van der Waals surface area contributed by atoms with E-state index in [9.17, 15) is 9.59 Å². The van der Waals surface area contributed by atoms with Crippen LogP contribution in [0.1, 0.15) is 39.0 Å². The molecule has 0 unspecified atom stereocenters. The second-order valence-electron chi connectivity index (χ2n) is 6.83. The predicted octanol–water partition coefficient (Wildman–Crippen LogP) is 3.00. The monoisotopic (exact) mass is 339 g/mol. The summed E-state index contributed by atoms with van der Waals surface area (Å²) in [6, 6.07) is 13.2. The fourth-order valence-corrected chi connectivity index (χ4v) is 3.39. The molecule has 0 saturated heterocycles. The molecule has 1 heterocycles. The van der Waals surface area contributed by atoms with Crippen LogP contribution in [0.2, 0.25) is 0 Å². The van der Waals surface area contributed by atoms with E-state index in [1.807, 2.05) is 30.3 Å². The van der Waals surface area contributed by atoms with Crippen molar-refractivity contribution in [3.63, 3.8) is 0 Å². The molecule has 0 radical (unpaired) electrons. The zero-order valence-electron chi connectivity index (χ0n) is 14.6. The number of carbonyl (C=O) groups excluding carboxylic acids is 1. The third kappa shape index (κ3) is 4.56. The number of hydrogen-bond donors (Lipinski definition) is 1. The molecular formula is C20H25N3O2. The summed E-state index contributed by atoms with van der Waals surface area (Å²) >= 11 is 0. The van der Waals surface area contributed by atoms with E-state index >= 15 is 0 Å². The van der Waals surface area contributed by atoms with E-state index in [0.717, 1.165) is 17.7 Å². The molecule has 2 atom stereocenters. The molecule has 1 aliphatic carbocycles. The Morgan fingerprint density at radius 3 is 2.68 bits per heavy atom. The molecule has 5 nitrogen and oxygen atoms in total. The highest BCUT2D eigenvalue weighted by Gasteiger charge is 2.22. The van der Waals surface area contributed by atoms with Gasteiger partial charge in [-0.2, -0.15) is 5.10 Å². The topological polar surface area (TPSA) is 64.0 Å². The summed E-state index contributed by atoms with van der Waals surface area (Å²) in [4.78, 5) is 24.3. The quantitative estimate of drug-likeness (QED) is 0.911. The number of aryl methyl sites for hydroxylation is 1. The molecule has 0 bridgehead atoms. The summed E-state index contributed by atoms with van der Waals surface area (Å²) in [6.45, 7) is 2.49. The van der Waals surface area contributed by atoms with Crippen molar-refractivity contribution in [3.8, 4) is 11.3 Å². The van der Waals surface area contributed by atoms with Crippen LogP contribution in [-0.4, -0.2) is 21.7 Å². The number of nitrogens with zero attached hydrogens (tertiary/aromatic N) is 2. The van der Waals surface area contributed by atoms with E-state index in [4.69, 9.17) is 0 Å². The Bertz CT molecular complexity index is 770. The first-order chi connectivity index (χ1) is 12.1. The maximum atomic E-state index is 12.2. The Balaban J connectivity index is 1.62. The van der Waals surface area contributed by atoms with Crippen LogP contribution >= 0.6 is 0 Å². The van der Waals surface area contributed by atoms with E-state index in [0.29, 0.717) is 12.5 Å². The molecule has 2 aromatic rings. The van der Waals surface area contributed by atoms with Crippen LogP contribution in [0.5, 0.6) is 0 Å². The first kappa shape index (κ1) is 17.4. The molecule has 1 aromatic carbocycles. The standard InChI is InChI=1S/C20H25N3O2/c1-15-7-5-6-10-17(15)21-19(24)13-14-23-20(25)12-11-18(22-23)16-8-3-2-4-9-16/h2-4,8-9,11-12,15,17H,5-7,10,13-14H2,1H3,(H,21,24)/t15-,17+/m0/s1. The minimum absolute atomic E-state index is 0.00226. The number of benzene rings is 1. The van der Waals surface area contributed by atoms with Crippen LogP contribution in [-0.2, 0) is 11.3 Å². The average Bonchev–Trinajstić information content (AvgIpc) is 2.64. The highest BCUT2D eigenvalue weighted by atomic mass is 16.2. The van der Waals surface area contributed by atoms with Gasteiger partial charge in [-0.25, -0.2) is 4.68 Å². The Kier molecular flexibility index (Phi) is 5.64. The summed E-state index contributed by atoms with van der Waals surface area (Å²) in [6.07, 6.45) is 4.92. The number of amides is 1. The predicted molar refractivity (Wildman–Crippen MR) is 98.1 cm³/mol. The number of hydrogen-bond acceptors (Lipinski definition) is 3. The zero-order chi connectivity index (χ0) is 17.6. The molecule has 1 aliphatic rings. The normalized spacial score (nSPS) is 20.2. The van der Waals surface area contributed by atoms with Gasteiger partial charge in [-0.05, 0) is 24.8 Å². The maximum Gasteiger partial charge on any atom is 0.266 e. The van der Waals surface area contributed by atoms with Crippen LogP contribution in [0, 0.1) is 5.92 Å². The third-order valence-electron chi connectivity index (χ3n) is 4.94.